The summed E-state index contributed by atoms with van der Waals surface area (Å²) >= 11 is 6.32. The van der Waals surface area contributed by atoms with Crippen molar-refractivity contribution < 1.29 is 0 Å². The van der Waals surface area contributed by atoms with Crippen molar-refractivity contribution in [2.24, 2.45) is 0 Å². The molecule has 2 aromatic rings. The van der Waals surface area contributed by atoms with Crippen LogP contribution in [0.15, 0.2) is 18.2 Å². The Labute approximate surface area is 120 Å². The number of halogens is 1. The summed E-state index contributed by atoms with van der Waals surface area (Å²) < 4.78 is 2.29. The van der Waals surface area contributed by atoms with Gasteiger partial charge in [0, 0.05) is 12.6 Å². The highest BCUT2D eigenvalue weighted by atomic mass is 35.5. The number of likely N-dealkylation sites (N-methyl/N-ethyl adjacent to an activating group) is 1. The minimum Gasteiger partial charge on any atom is -0.322 e. The zero-order valence-corrected chi connectivity index (χ0v) is 13.1. The molecule has 0 saturated carbocycles. The fourth-order valence-corrected chi connectivity index (χ4v) is 2.83. The van der Waals surface area contributed by atoms with E-state index in [-0.39, 0.29) is 5.38 Å². The zero-order chi connectivity index (χ0) is 14.2. The molecular weight excluding hydrogens is 258 g/mol. The third-order valence-corrected chi connectivity index (χ3v) is 3.56. The predicted molar refractivity (Wildman–Crippen MR) is 82.0 cm³/mol. The molecule has 1 heterocycles. The third-order valence-electron chi connectivity index (χ3n) is 3.37. The summed E-state index contributed by atoms with van der Waals surface area (Å²) in [7, 11) is 4.18. The van der Waals surface area contributed by atoms with Crippen molar-refractivity contribution >= 4 is 22.6 Å². The highest BCUT2D eigenvalue weighted by Gasteiger charge is 2.20. The van der Waals surface area contributed by atoms with Crippen molar-refractivity contribution in [2.45, 2.75) is 32.2 Å². The molecule has 0 aliphatic rings. The van der Waals surface area contributed by atoms with Crippen LogP contribution in [0.5, 0.6) is 0 Å². The summed E-state index contributed by atoms with van der Waals surface area (Å²) in [5.41, 5.74) is 3.49. The molecular formula is C15H22ClN3. The van der Waals surface area contributed by atoms with Gasteiger partial charge in [0.2, 0.25) is 0 Å². The van der Waals surface area contributed by atoms with Crippen molar-refractivity contribution in [3.05, 3.63) is 29.6 Å². The molecule has 19 heavy (non-hydrogen) atoms. The Morgan fingerprint density at radius 2 is 2.00 bits per heavy atom. The van der Waals surface area contributed by atoms with E-state index >= 15 is 0 Å². The summed E-state index contributed by atoms with van der Waals surface area (Å²) in [4.78, 5) is 6.91. The normalized spacial score (nSPS) is 15.1. The average Bonchev–Trinajstić information content (AvgIpc) is 2.68. The van der Waals surface area contributed by atoms with Gasteiger partial charge in [-0.1, -0.05) is 12.1 Å². The Balaban J connectivity index is 2.64. The van der Waals surface area contributed by atoms with Crippen molar-refractivity contribution in [1.29, 1.82) is 0 Å². The minimum atomic E-state index is -0.0867. The molecule has 0 bridgehead atoms. The van der Waals surface area contributed by atoms with Gasteiger partial charge in [-0.3, -0.25) is 0 Å². The smallest absolute Gasteiger partial charge is 0.128 e. The van der Waals surface area contributed by atoms with E-state index in [4.69, 9.17) is 16.6 Å². The van der Waals surface area contributed by atoms with Gasteiger partial charge in [0.1, 0.15) is 5.82 Å². The molecule has 0 radical (unpaired) electrons. The molecule has 0 fully saturated rings. The summed E-state index contributed by atoms with van der Waals surface area (Å²) in [6, 6.07) is 6.58. The van der Waals surface area contributed by atoms with Crippen LogP contribution in [0.4, 0.5) is 0 Å². The highest BCUT2D eigenvalue weighted by molar-refractivity contribution is 6.20. The molecule has 0 spiro atoms. The van der Waals surface area contributed by atoms with Crippen LogP contribution in [0.1, 0.15) is 36.7 Å². The number of hydrogen-bond donors (Lipinski definition) is 0. The van der Waals surface area contributed by atoms with E-state index in [0.29, 0.717) is 6.04 Å². The Morgan fingerprint density at radius 3 is 2.58 bits per heavy atom. The van der Waals surface area contributed by atoms with Crippen molar-refractivity contribution in [1.82, 2.24) is 14.5 Å². The van der Waals surface area contributed by atoms with Crippen molar-refractivity contribution in [3.8, 4) is 0 Å². The molecule has 0 saturated heterocycles. The second-order valence-corrected chi connectivity index (χ2v) is 6.16. The molecule has 1 aromatic carbocycles. The van der Waals surface area contributed by atoms with E-state index in [0.717, 1.165) is 17.9 Å². The Kier molecular flexibility index (Phi) is 4.16. The highest BCUT2D eigenvalue weighted by Crippen LogP contribution is 2.29. The number of hydrogen-bond acceptors (Lipinski definition) is 2. The first kappa shape index (κ1) is 14.4. The largest absolute Gasteiger partial charge is 0.322 e. The fraction of sp³-hybridized carbons (Fsp3) is 0.533. The number of benzene rings is 1. The average molecular weight is 280 g/mol. The monoisotopic (exact) mass is 279 g/mol. The van der Waals surface area contributed by atoms with Gasteiger partial charge in [-0.15, -0.1) is 11.6 Å². The Morgan fingerprint density at radius 1 is 1.32 bits per heavy atom. The molecule has 0 aliphatic carbocycles. The number of alkyl halides is 1. The number of fused-ring (bicyclic) bond motifs is 1. The van der Waals surface area contributed by atoms with E-state index in [9.17, 15) is 0 Å². The molecule has 3 nitrogen and oxygen atoms in total. The first-order valence-electron chi connectivity index (χ1n) is 6.68. The topological polar surface area (TPSA) is 21.1 Å². The second kappa shape index (κ2) is 5.51. The van der Waals surface area contributed by atoms with Crippen LogP contribution in [-0.2, 0) is 0 Å². The lowest BCUT2D eigenvalue weighted by Gasteiger charge is -2.22. The van der Waals surface area contributed by atoms with Gasteiger partial charge < -0.3 is 9.47 Å². The van der Waals surface area contributed by atoms with Gasteiger partial charge in [0.25, 0.3) is 0 Å². The maximum absolute atomic E-state index is 6.32. The van der Waals surface area contributed by atoms with Crippen molar-refractivity contribution in [2.75, 3.05) is 20.6 Å². The quantitative estimate of drug-likeness (QED) is 0.795. The van der Waals surface area contributed by atoms with Crippen LogP contribution in [0, 0.1) is 6.92 Å². The van der Waals surface area contributed by atoms with E-state index in [1.807, 2.05) is 13.0 Å². The SMILES string of the molecule is Cc1cccc2nc(C(C)Cl)n(C(C)CN(C)C)c12. The summed E-state index contributed by atoms with van der Waals surface area (Å²) in [5, 5.41) is -0.0867. The Hall–Kier alpha value is -1.06. The lowest BCUT2D eigenvalue weighted by molar-refractivity contribution is 0.336. The molecule has 104 valence electrons. The van der Waals surface area contributed by atoms with Crippen LogP contribution in [0.2, 0.25) is 0 Å². The number of aryl methyl sites for hydroxylation is 1. The zero-order valence-electron chi connectivity index (χ0n) is 12.3. The van der Waals surface area contributed by atoms with Crippen LogP contribution < -0.4 is 0 Å². The predicted octanol–water partition coefficient (Wildman–Crippen LogP) is 3.77. The minimum absolute atomic E-state index is 0.0867. The maximum atomic E-state index is 6.32. The molecule has 4 heteroatoms. The first-order valence-corrected chi connectivity index (χ1v) is 7.11. The van der Waals surface area contributed by atoms with Gasteiger partial charge in [0.15, 0.2) is 0 Å². The lowest BCUT2D eigenvalue weighted by atomic mass is 10.2. The van der Waals surface area contributed by atoms with E-state index in [1.165, 1.54) is 11.1 Å². The standard InChI is InChI=1S/C15H22ClN3/c1-10-7-6-8-13-14(10)19(11(2)9-18(4)5)15(17-13)12(3)16/h6-8,11-12H,9H2,1-5H3. The molecule has 2 unspecified atom stereocenters. The molecule has 2 rings (SSSR count). The molecule has 2 atom stereocenters. The van der Waals surface area contributed by atoms with Gasteiger partial charge in [-0.2, -0.15) is 0 Å². The van der Waals surface area contributed by atoms with Crippen LogP contribution >= 0.6 is 11.6 Å². The van der Waals surface area contributed by atoms with Gasteiger partial charge in [-0.05, 0) is 46.5 Å². The molecule has 0 N–H and O–H groups in total. The van der Waals surface area contributed by atoms with Gasteiger partial charge >= 0.3 is 0 Å². The van der Waals surface area contributed by atoms with Crippen molar-refractivity contribution in [3.63, 3.8) is 0 Å². The second-order valence-electron chi connectivity index (χ2n) is 5.51. The number of para-hydroxylation sites is 1. The number of imidazole rings is 1. The van der Waals surface area contributed by atoms with Crippen LogP contribution in [0.3, 0.4) is 0 Å². The number of nitrogens with zero attached hydrogens (tertiary/aromatic N) is 3. The molecule has 1 aromatic heterocycles. The maximum Gasteiger partial charge on any atom is 0.128 e. The molecule has 0 amide bonds. The summed E-state index contributed by atoms with van der Waals surface area (Å²) in [6.45, 7) is 7.30. The van der Waals surface area contributed by atoms with Gasteiger partial charge in [-0.25, -0.2) is 4.98 Å². The summed E-state index contributed by atoms with van der Waals surface area (Å²) in [5.74, 6) is 0.959. The van der Waals surface area contributed by atoms with Gasteiger partial charge in [0.05, 0.1) is 16.4 Å². The third kappa shape index (κ3) is 2.77. The summed E-state index contributed by atoms with van der Waals surface area (Å²) in [6.07, 6.45) is 0. The van der Waals surface area contributed by atoms with E-state index in [1.54, 1.807) is 0 Å². The van der Waals surface area contributed by atoms with E-state index in [2.05, 4.69) is 49.5 Å². The van der Waals surface area contributed by atoms with Crippen LogP contribution in [-0.4, -0.2) is 35.1 Å². The number of rotatable bonds is 4. The fourth-order valence-electron chi connectivity index (χ4n) is 2.68. The first-order chi connectivity index (χ1) is 8.91. The lowest BCUT2D eigenvalue weighted by Crippen LogP contribution is -2.24. The Bertz CT molecular complexity index is 572. The number of aromatic nitrogens is 2. The molecule has 0 aliphatic heterocycles. The van der Waals surface area contributed by atoms with Crippen LogP contribution in [0.25, 0.3) is 11.0 Å². The van der Waals surface area contributed by atoms with E-state index < -0.39 is 0 Å².